The van der Waals surface area contributed by atoms with E-state index in [-0.39, 0.29) is 17.7 Å². The van der Waals surface area contributed by atoms with E-state index in [0.29, 0.717) is 25.3 Å². The number of carbonyl (C=O) groups is 2. The first-order chi connectivity index (χ1) is 7.66. The molecule has 0 bridgehead atoms. The minimum absolute atomic E-state index is 0.136. The molecular weight excluding hydrogens is 208 g/mol. The molecule has 16 heavy (non-hydrogen) atoms. The van der Waals surface area contributed by atoms with Gasteiger partial charge in [0.15, 0.2) is 5.76 Å². The van der Waals surface area contributed by atoms with Crippen molar-refractivity contribution in [3.63, 3.8) is 0 Å². The predicted molar refractivity (Wildman–Crippen MR) is 56.8 cm³/mol. The third kappa shape index (κ3) is 2.24. The molecule has 2 amide bonds. The van der Waals surface area contributed by atoms with Crippen LogP contribution in [-0.4, -0.2) is 36.9 Å². The molecule has 1 N–H and O–H groups in total. The molecule has 1 aliphatic rings. The van der Waals surface area contributed by atoms with Gasteiger partial charge in [-0.3, -0.25) is 9.59 Å². The second kappa shape index (κ2) is 4.38. The SMILES string of the molecule is CN1CC(CNC(=O)c2ccco2)CC1=O. The summed E-state index contributed by atoms with van der Waals surface area (Å²) >= 11 is 0. The van der Waals surface area contributed by atoms with Crippen LogP contribution in [-0.2, 0) is 4.79 Å². The lowest BCUT2D eigenvalue weighted by Crippen LogP contribution is -2.30. The Balaban J connectivity index is 1.80. The van der Waals surface area contributed by atoms with E-state index in [2.05, 4.69) is 5.32 Å². The van der Waals surface area contributed by atoms with Crippen molar-refractivity contribution in [2.75, 3.05) is 20.1 Å². The summed E-state index contributed by atoms with van der Waals surface area (Å²) in [5.74, 6) is 0.415. The molecule has 5 nitrogen and oxygen atoms in total. The second-order valence-corrected chi connectivity index (χ2v) is 4.03. The summed E-state index contributed by atoms with van der Waals surface area (Å²) in [5, 5.41) is 2.76. The molecule has 2 heterocycles. The Morgan fingerprint density at radius 3 is 3.06 bits per heavy atom. The minimum atomic E-state index is -0.230. The lowest BCUT2D eigenvalue weighted by atomic mass is 10.1. The normalized spacial score (nSPS) is 20.2. The maximum atomic E-state index is 11.5. The summed E-state index contributed by atoms with van der Waals surface area (Å²) < 4.78 is 4.96. The number of hydrogen-bond donors (Lipinski definition) is 1. The van der Waals surface area contributed by atoms with Crippen LogP contribution in [0.5, 0.6) is 0 Å². The fourth-order valence-electron chi connectivity index (χ4n) is 1.83. The van der Waals surface area contributed by atoms with Gasteiger partial charge in [-0.05, 0) is 12.1 Å². The number of nitrogens with zero attached hydrogens (tertiary/aromatic N) is 1. The third-order valence-electron chi connectivity index (χ3n) is 2.72. The quantitative estimate of drug-likeness (QED) is 0.809. The van der Waals surface area contributed by atoms with Crippen molar-refractivity contribution in [1.29, 1.82) is 0 Å². The van der Waals surface area contributed by atoms with E-state index in [1.54, 1.807) is 24.1 Å². The van der Waals surface area contributed by atoms with E-state index >= 15 is 0 Å². The zero-order valence-electron chi connectivity index (χ0n) is 9.10. The summed E-state index contributed by atoms with van der Waals surface area (Å²) in [6.45, 7) is 1.22. The molecule has 1 atom stereocenters. The third-order valence-corrected chi connectivity index (χ3v) is 2.72. The lowest BCUT2D eigenvalue weighted by Gasteiger charge is -2.10. The fourth-order valence-corrected chi connectivity index (χ4v) is 1.83. The Labute approximate surface area is 93.4 Å². The van der Waals surface area contributed by atoms with Gasteiger partial charge < -0.3 is 14.6 Å². The Morgan fingerprint density at radius 2 is 2.50 bits per heavy atom. The number of nitrogens with one attached hydrogen (secondary N) is 1. The predicted octanol–water partition coefficient (Wildman–Crippen LogP) is 0.488. The van der Waals surface area contributed by atoms with Gasteiger partial charge in [0.05, 0.1) is 6.26 Å². The maximum absolute atomic E-state index is 11.5. The van der Waals surface area contributed by atoms with Crippen LogP contribution in [0.15, 0.2) is 22.8 Å². The smallest absolute Gasteiger partial charge is 0.286 e. The average Bonchev–Trinajstić information content (AvgIpc) is 2.86. The van der Waals surface area contributed by atoms with Crippen LogP contribution in [0.3, 0.4) is 0 Å². The number of furan rings is 1. The first kappa shape index (κ1) is 10.7. The molecule has 0 saturated carbocycles. The number of rotatable bonds is 3. The van der Waals surface area contributed by atoms with Crippen LogP contribution < -0.4 is 5.32 Å². The minimum Gasteiger partial charge on any atom is -0.459 e. The Bertz CT molecular complexity index is 386. The van der Waals surface area contributed by atoms with Gasteiger partial charge in [-0.2, -0.15) is 0 Å². The van der Waals surface area contributed by atoms with Crippen molar-refractivity contribution in [3.8, 4) is 0 Å². The van der Waals surface area contributed by atoms with Crippen LogP contribution >= 0.6 is 0 Å². The largest absolute Gasteiger partial charge is 0.459 e. The summed E-state index contributed by atoms with van der Waals surface area (Å²) in [6.07, 6.45) is 1.97. The monoisotopic (exact) mass is 222 g/mol. The number of amides is 2. The molecule has 1 aliphatic heterocycles. The van der Waals surface area contributed by atoms with Gasteiger partial charge in [-0.1, -0.05) is 0 Å². The van der Waals surface area contributed by atoms with Crippen LogP contribution in [0.25, 0.3) is 0 Å². The summed E-state index contributed by atoms with van der Waals surface area (Å²) in [5.41, 5.74) is 0. The van der Waals surface area contributed by atoms with E-state index in [4.69, 9.17) is 4.42 Å². The average molecular weight is 222 g/mol. The van der Waals surface area contributed by atoms with Gasteiger partial charge in [0.2, 0.25) is 5.91 Å². The Morgan fingerprint density at radius 1 is 1.69 bits per heavy atom. The van der Waals surface area contributed by atoms with E-state index in [9.17, 15) is 9.59 Å². The van der Waals surface area contributed by atoms with Crippen LogP contribution in [0.4, 0.5) is 0 Å². The van der Waals surface area contributed by atoms with Gasteiger partial charge >= 0.3 is 0 Å². The summed E-state index contributed by atoms with van der Waals surface area (Å²) in [7, 11) is 1.77. The van der Waals surface area contributed by atoms with E-state index in [1.807, 2.05) is 0 Å². The van der Waals surface area contributed by atoms with Gasteiger partial charge in [0.25, 0.3) is 5.91 Å². The maximum Gasteiger partial charge on any atom is 0.286 e. The molecule has 1 unspecified atom stereocenters. The number of carbonyl (C=O) groups excluding carboxylic acids is 2. The van der Waals surface area contributed by atoms with E-state index in [0.717, 1.165) is 0 Å². The molecule has 0 aliphatic carbocycles. The Kier molecular flexibility index (Phi) is 2.94. The van der Waals surface area contributed by atoms with Crippen LogP contribution in [0.1, 0.15) is 17.0 Å². The zero-order chi connectivity index (χ0) is 11.5. The standard InChI is InChI=1S/C11H14N2O3/c1-13-7-8(5-10(13)14)6-12-11(15)9-3-2-4-16-9/h2-4,8H,5-7H2,1H3,(H,12,15). The molecule has 2 rings (SSSR count). The second-order valence-electron chi connectivity index (χ2n) is 4.03. The summed E-state index contributed by atoms with van der Waals surface area (Å²) in [4.78, 5) is 24.5. The van der Waals surface area contributed by atoms with Gasteiger partial charge in [-0.15, -0.1) is 0 Å². The van der Waals surface area contributed by atoms with Gasteiger partial charge in [0, 0.05) is 32.5 Å². The van der Waals surface area contributed by atoms with Crippen molar-refractivity contribution in [1.82, 2.24) is 10.2 Å². The molecule has 0 aromatic carbocycles. The summed E-state index contributed by atoms with van der Waals surface area (Å²) in [6, 6.07) is 3.28. The number of likely N-dealkylation sites (tertiary alicyclic amines) is 1. The van der Waals surface area contributed by atoms with Gasteiger partial charge in [-0.25, -0.2) is 0 Å². The van der Waals surface area contributed by atoms with E-state index < -0.39 is 0 Å². The lowest BCUT2D eigenvalue weighted by molar-refractivity contribution is -0.126. The number of hydrogen-bond acceptors (Lipinski definition) is 3. The van der Waals surface area contributed by atoms with Crippen molar-refractivity contribution >= 4 is 11.8 Å². The Hall–Kier alpha value is -1.78. The first-order valence-electron chi connectivity index (χ1n) is 5.22. The molecule has 0 spiro atoms. The molecule has 1 aromatic heterocycles. The molecule has 86 valence electrons. The van der Waals surface area contributed by atoms with Crippen molar-refractivity contribution < 1.29 is 14.0 Å². The molecular formula is C11H14N2O3. The topological polar surface area (TPSA) is 62.6 Å². The molecule has 1 aromatic rings. The zero-order valence-corrected chi connectivity index (χ0v) is 9.10. The fraction of sp³-hybridized carbons (Fsp3) is 0.455. The van der Waals surface area contributed by atoms with Crippen molar-refractivity contribution in [2.24, 2.45) is 5.92 Å². The van der Waals surface area contributed by atoms with Crippen molar-refractivity contribution in [3.05, 3.63) is 24.2 Å². The molecule has 1 saturated heterocycles. The van der Waals surface area contributed by atoms with Gasteiger partial charge in [0.1, 0.15) is 0 Å². The van der Waals surface area contributed by atoms with Crippen LogP contribution in [0.2, 0.25) is 0 Å². The highest BCUT2D eigenvalue weighted by Crippen LogP contribution is 2.14. The molecule has 0 radical (unpaired) electrons. The first-order valence-corrected chi connectivity index (χ1v) is 5.22. The highest BCUT2D eigenvalue weighted by atomic mass is 16.3. The van der Waals surface area contributed by atoms with E-state index in [1.165, 1.54) is 6.26 Å². The highest BCUT2D eigenvalue weighted by molar-refractivity contribution is 5.91. The van der Waals surface area contributed by atoms with Crippen molar-refractivity contribution in [2.45, 2.75) is 6.42 Å². The molecule has 5 heteroatoms. The highest BCUT2D eigenvalue weighted by Gasteiger charge is 2.27. The van der Waals surface area contributed by atoms with Crippen LogP contribution in [0, 0.1) is 5.92 Å². The molecule has 1 fully saturated rings.